The Morgan fingerprint density at radius 3 is 2.15 bits per heavy atom. The topological polar surface area (TPSA) is 111 Å². The van der Waals surface area contributed by atoms with Crippen molar-refractivity contribution in [3.63, 3.8) is 0 Å². The van der Waals surface area contributed by atoms with E-state index in [-0.39, 0.29) is 40.4 Å². The maximum absolute atomic E-state index is 11.9. The molecule has 1 saturated heterocycles. The van der Waals surface area contributed by atoms with Crippen molar-refractivity contribution < 1.29 is 28.8 Å². The molecule has 1 fully saturated rings. The van der Waals surface area contributed by atoms with Gasteiger partial charge in [-0.3, -0.25) is 14.6 Å². The van der Waals surface area contributed by atoms with Crippen LogP contribution in [-0.4, -0.2) is 123 Å². The third-order valence-electron chi connectivity index (χ3n) is 11.2. The lowest BCUT2D eigenvalue weighted by Gasteiger charge is -2.52. The third-order valence-corrected chi connectivity index (χ3v) is 11.2. The van der Waals surface area contributed by atoms with Gasteiger partial charge in [0, 0.05) is 57.2 Å². The zero-order chi connectivity index (χ0) is 39.6. The smallest absolute Gasteiger partial charge is 0.135 e. The summed E-state index contributed by atoms with van der Waals surface area (Å²) in [5.74, 6) is 0.853. The standard InChI is InChI=1S/C41H79N5O6/c1-16-35(48)24-40(12,13)52-31-41(14,15)50-22-20-46-25-33(42-43-46)28-49-21-17-39(10,11)51-30-38(8,9)45-19-18-44(34(26-45)27-47)29-37(6,7)36(4,5)23-32(2)3/h25,32,34,47H,16-24,26-31H2,1-15H3. The highest BCUT2D eigenvalue weighted by atomic mass is 16.6. The van der Waals surface area contributed by atoms with Crippen LogP contribution in [0.25, 0.3) is 0 Å². The Morgan fingerprint density at radius 2 is 1.54 bits per heavy atom. The number of aromatic nitrogens is 3. The highest BCUT2D eigenvalue weighted by Gasteiger charge is 2.42. The largest absolute Gasteiger partial charge is 0.395 e. The van der Waals surface area contributed by atoms with Crippen LogP contribution in [0.4, 0.5) is 0 Å². The molecule has 52 heavy (non-hydrogen) atoms. The summed E-state index contributed by atoms with van der Waals surface area (Å²) in [6.07, 6.45) is 4.75. The van der Waals surface area contributed by atoms with Gasteiger partial charge < -0.3 is 24.1 Å². The highest BCUT2D eigenvalue weighted by Crippen LogP contribution is 2.44. The summed E-state index contributed by atoms with van der Waals surface area (Å²) in [6, 6.07) is 0.113. The van der Waals surface area contributed by atoms with Crippen molar-refractivity contribution in [2.75, 3.05) is 59.2 Å². The second-order valence-corrected chi connectivity index (χ2v) is 19.5. The molecule has 0 saturated carbocycles. The fourth-order valence-corrected chi connectivity index (χ4v) is 6.86. The van der Waals surface area contributed by atoms with Gasteiger partial charge in [-0.25, -0.2) is 4.68 Å². The summed E-state index contributed by atoms with van der Waals surface area (Å²) >= 11 is 0. The number of carbonyl (C=O) groups is 1. The summed E-state index contributed by atoms with van der Waals surface area (Å²) < 4.78 is 26.4. The number of ether oxygens (including phenoxy) is 4. The van der Waals surface area contributed by atoms with E-state index in [0.717, 1.165) is 38.3 Å². The van der Waals surface area contributed by atoms with Crippen LogP contribution in [0.1, 0.15) is 135 Å². The lowest BCUT2D eigenvalue weighted by Crippen LogP contribution is -2.63. The van der Waals surface area contributed by atoms with E-state index in [2.05, 4.69) is 89.3 Å². The van der Waals surface area contributed by atoms with Gasteiger partial charge in [0.2, 0.25) is 0 Å². The van der Waals surface area contributed by atoms with Gasteiger partial charge in [0.25, 0.3) is 0 Å². The van der Waals surface area contributed by atoms with Crippen molar-refractivity contribution in [2.24, 2.45) is 16.7 Å². The van der Waals surface area contributed by atoms with Crippen LogP contribution in [0.2, 0.25) is 0 Å². The van der Waals surface area contributed by atoms with Gasteiger partial charge in [-0.15, -0.1) is 5.10 Å². The quantitative estimate of drug-likeness (QED) is 0.108. The minimum Gasteiger partial charge on any atom is -0.395 e. The van der Waals surface area contributed by atoms with E-state index in [1.165, 1.54) is 6.42 Å². The van der Waals surface area contributed by atoms with Gasteiger partial charge in [-0.1, -0.05) is 53.7 Å². The number of aliphatic hydroxyl groups is 1. The van der Waals surface area contributed by atoms with Gasteiger partial charge in [-0.2, -0.15) is 0 Å². The van der Waals surface area contributed by atoms with Crippen LogP contribution in [0, 0.1) is 16.7 Å². The molecule has 0 spiro atoms. The van der Waals surface area contributed by atoms with Gasteiger partial charge in [0.05, 0.1) is 62.6 Å². The van der Waals surface area contributed by atoms with Crippen molar-refractivity contribution in [1.29, 1.82) is 0 Å². The molecule has 2 heterocycles. The number of Topliss-reactive ketones (excluding diaryl/α,β-unsaturated/α-hetero) is 1. The first-order valence-electron chi connectivity index (χ1n) is 19.8. The minimum absolute atomic E-state index is 0.113. The third kappa shape index (κ3) is 15.7. The molecule has 304 valence electrons. The Hall–Kier alpha value is -1.47. The Balaban J connectivity index is 1.75. The first kappa shape index (κ1) is 46.7. The number of aliphatic hydroxyl groups excluding tert-OH is 1. The second kappa shape index (κ2) is 19.4. The molecule has 2 rings (SSSR count). The van der Waals surface area contributed by atoms with Crippen LogP contribution >= 0.6 is 0 Å². The van der Waals surface area contributed by atoms with Crippen LogP contribution in [0.3, 0.4) is 0 Å². The van der Waals surface area contributed by atoms with E-state index in [0.29, 0.717) is 58.3 Å². The fourth-order valence-electron chi connectivity index (χ4n) is 6.86. The van der Waals surface area contributed by atoms with E-state index in [1.54, 1.807) is 4.68 Å². The molecule has 1 aliphatic rings. The van der Waals surface area contributed by atoms with E-state index < -0.39 is 11.2 Å². The predicted molar refractivity (Wildman–Crippen MR) is 209 cm³/mol. The van der Waals surface area contributed by atoms with Crippen molar-refractivity contribution >= 4 is 5.78 Å². The molecule has 1 aliphatic heterocycles. The molecule has 11 heteroatoms. The number of hydrogen-bond acceptors (Lipinski definition) is 10. The molecule has 0 amide bonds. The lowest BCUT2D eigenvalue weighted by molar-refractivity contribution is -0.138. The molecule has 0 aromatic carbocycles. The summed E-state index contributed by atoms with van der Waals surface area (Å²) in [5, 5.41) is 19.0. The van der Waals surface area contributed by atoms with E-state index >= 15 is 0 Å². The van der Waals surface area contributed by atoms with Gasteiger partial charge in [-0.05, 0) is 85.0 Å². The van der Waals surface area contributed by atoms with Crippen molar-refractivity contribution in [3.05, 3.63) is 11.9 Å². The monoisotopic (exact) mass is 738 g/mol. The number of ketones is 1. The van der Waals surface area contributed by atoms with E-state index in [9.17, 15) is 9.90 Å². The van der Waals surface area contributed by atoms with Crippen LogP contribution in [-0.2, 0) is 36.9 Å². The number of carbonyl (C=O) groups excluding carboxylic acids is 1. The molecular weight excluding hydrogens is 658 g/mol. The molecule has 1 aromatic rings. The number of rotatable bonds is 25. The first-order valence-corrected chi connectivity index (χ1v) is 19.8. The molecule has 1 atom stereocenters. The summed E-state index contributed by atoms with van der Waals surface area (Å²) in [4.78, 5) is 16.9. The van der Waals surface area contributed by atoms with Crippen molar-refractivity contribution in [2.45, 2.75) is 171 Å². The van der Waals surface area contributed by atoms with E-state index in [4.69, 9.17) is 18.9 Å². The average molecular weight is 738 g/mol. The fraction of sp³-hybridized carbons (Fsp3) is 0.927. The van der Waals surface area contributed by atoms with Crippen LogP contribution < -0.4 is 0 Å². The van der Waals surface area contributed by atoms with Crippen LogP contribution in [0.5, 0.6) is 0 Å². The summed E-state index contributed by atoms with van der Waals surface area (Å²) in [5.41, 5.74) is -0.424. The lowest BCUT2D eigenvalue weighted by atomic mass is 9.64. The Kier molecular flexibility index (Phi) is 17.4. The van der Waals surface area contributed by atoms with E-state index in [1.807, 2.05) is 40.8 Å². The molecule has 0 bridgehead atoms. The number of hydrogen-bond donors (Lipinski definition) is 1. The molecule has 1 N–H and O–H groups in total. The normalized spacial score (nSPS) is 17.8. The molecule has 1 aromatic heterocycles. The number of piperazine rings is 1. The summed E-state index contributed by atoms with van der Waals surface area (Å²) in [7, 11) is 0. The first-order chi connectivity index (χ1) is 23.8. The molecule has 0 aliphatic carbocycles. The molecule has 0 radical (unpaired) electrons. The van der Waals surface area contributed by atoms with Gasteiger partial charge in [0.1, 0.15) is 11.5 Å². The SMILES string of the molecule is CCC(=O)CC(C)(C)OCC(C)(C)OCCn1cc(COCCC(C)(C)OCC(C)(C)N2CCN(CC(C)(C)C(C)(C)CC(C)C)C(CO)C2)nn1. The van der Waals surface area contributed by atoms with Crippen molar-refractivity contribution in [3.8, 4) is 0 Å². The molecule has 11 nitrogen and oxygen atoms in total. The average Bonchev–Trinajstić information content (AvgIpc) is 3.48. The predicted octanol–water partition coefficient (Wildman–Crippen LogP) is 6.80. The van der Waals surface area contributed by atoms with Gasteiger partial charge >= 0.3 is 0 Å². The maximum atomic E-state index is 11.9. The minimum atomic E-state index is -0.518. The Labute approximate surface area is 317 Å². The van der Waals surface area contributed by atoms with Gasteiger partial charge in [0.15, 0.2) is 0 Å². The molecule has 1 unspecified atom stereocenters. The zero-order valence-corrected chi connectivity index (χ0v) is 36.1. The van der Waals surface area contributed by atoms with Crippen LogP contribution in [0.15, 0.2) is 6.20 Å². The maximum Gasteiger partial charge on any atom is 0.135 e. The summed E-state index contributed by atoms with van der Waals surface area (Å²) in [6.45, 7) is 39.5. The zero-order valence-electron chi connectivity index (χ0n) is 36.1. The highest BCUT2D eigenvalue weighted by molar-refractivity contribution is 5.78. The Bertz CT molecular complexity index is 1210. The Morgan fingerprint density at radius 1 is 0.885 bits per heavy atom. The number of nitrogens with zero attached hydrogens (tertiary/aromatic N) is 5. The van der Waals surface area contributed by atoms with Crippen molar-refractivity contribution in [1.82, 2.24) is 24.8 Å². The second-order valence-electron chi connectivity index (χ2n) is 19.5. The molecular formula is C41H79N5O6.